The monoisotopic (exact) mass is 302 g/mol. The summed E-state index contributed by atoms with van der Waals surface area (Å²) in [6.07, 6.45) is 0.709. The van der Waals surface area contributed by atoms with Gasteiger partial charge in [-0.1, -0.05) is 20.8 Å². The van der Waals surface area contributed by atoms with E-state index in [0.717, 1.165) is 12.5 Å². The normalized spacial score (nSPS) is 17.4. The SMILES string of the molecule is CCC(C)(C)C(OS(C)(=O)=O)C(C)OS(C)(=O)=O. The second-order valence-corrected chi connectivity index (χ2v) is 8.27. The predicted molar refractivity (Wildman–Crippen MR) is 69.2 cm³/mol. The average molecular weight is 302 g/mol. The summed E-state index contributed by atoms with van der Waals surface area (Å²) in [6, 6.07) is 0. The Bertz CT molecular complexity index is 463. The molecular formula is C10H22O6S2. The van der Waals surface area contributed by atoms with Crippen LogP contribution in [0.5, 0.6) is 0 Å². The van der Waals surface area contributed by atoms with Crippen LogP contribution in [0.4, 0.5) is 0 Å². The topological polar surface area (TPSA) is 86.7 Å². The Hall–Kier alpha value is -0.180. The Labute approximate surface area is 110 Å². The molecule has 8 heteroatoms. The summed E-state index contributed by atoms with van der Waals surface area (Å²) >= 11 is 0. The lowest BCUT2D eigenvalue weighted by atomic mass is 9.81. The first-order valence-corrected chi connectivity index (χ1v) is 9.18. The van der Waals surface area contributed by atoms with Crippen LogP contribution in [0.15, 0.2) is 0 Å². The summed E-state index contributed by atoms with van der Waals surface area (Å²) in [4.78, 5) is 0. The van der Waals surface area contributed by atoms with Crippen LogP contribution in [0, 0.1) is 5.41 Å². The maximum absolute atomic E-state index is 11.2. The smallest absolute Gasteiger partial charge is 0.264 e. The molecule has 0 aromatic heterocycles. The minimum absolute atomic E-state index is 0.535. The van der Waals surface area contributed by atoms with Crippen molar-refractivity contribution in [2.24, 2.45) is 5.41 Å². The van der Waals surface area contributed by atoms with Gasteiger partial charge in [0.25, 0.3) is 20.2 Å². The van der Waals surface area contributed by atoms with Gasteiger partial charge in [-0.2, -0.15) is 16.8 Å². The summed E-state index contributed by atoms with van der Waals surface area (Å²) in [6.45, 7) is 6.94. The lowest BCUT2D eigenvalue weighted by Gasteiger charge is -2.35. The largest absolute Gasteiger partial charge is 0.264 e. The maximum Gasteiger partial charge on any atom is 0.264 e. The van der Waals surface area contributed by atoms with Gasteiger partial charge in [0.05, 0.1) is 12.5 Å². The van der Waals surface area contributed by atoms with Crippen molar-refractivity contribution in [3.8, 4) is 0 Å². The summed E-state index contributed by atoms with van der Waals surface area (Å²) in [5.41, 5.74) is -0.535. The molecule has 0 aliphatic rings. The Morgan fingerprint density at radius 1 is 1.00 bits per heavy atom. The van der Waals surface area contributed by atoms with Gasteiger partial charge < -0.3 is 0 Å². The van der Waals surface area contributed by atoms with Crippen molar-refractivity contribution in [1.82, 2.24) is 0 Å². The second-order valence-electron chi connectivity index (χ2n) is 5.07. The first-order valence-electron chi connectivity index (χ1n) is 5.55. The quantitative estimate of drug-likeness (QED) is 0.655. The third kappa shape index (κ3) is 6.67. The zero-order chi connectivity index (χ0) is 14.8. The molecule has 0 aromatic rings. The molecule has 0 saturated carbocycles. The van der Waals surface area contributed by atoms with E-state index in [1.807, 2.05) is 6.92 Å². The van der Waals surface area contributed by atoms with Crippen LogP contribution in [0.3, 0.4) is 0 Å². The molecule has 0 radical (unpaired) electrons. The zero-order valence-corrected chi connectivity index (χ0v) is 13.3. The zero-order valence-electron chi connectivity index (χ0n) is 11.6. The Kier molecular flexibility index (Phi) is 5.79. The molecule has 0 aliphatic carbocycles. The summed E-state index contributed by atoms with van der Waals surface area (Å²) in [7, 11) is -7.36. The fraction of sp³-hybridized carbons (Fsp3) is 1.00. The van der Waals surface area contributed by atoms with Crippen LogP contribution in [0.2, 0.25) is 0 Å². The summed E-state index contributed by atoms with van der Waals surface area (Å²) in [5, 5.41) is 0. The van der Waals surface area contributed by atoms with Crippen molar-refractivity contribution < 1.29 is 25.2 Å². The Balaban J connectivity index is 5.23. The maximum atomic E-state index is 11.2. The minimum Gasteiger partial charge on any atom is -0.264 e. The van der Waals surface area contributed by atoms with Crippen molar-refractivity contribution in [2.75, 3.05) is 12.5 Å². The van der Waals surface area contributed by atoms with Crippen molar-refractivity contribution in [1.29, 1.82) is 0 Å². The van der Waals surface area contributed by atoms with Crippen LogP contribution < -0.4 is 0 Å². The standard InChI is InChI=1S/C10H22O6S2/c1-7-10(3,4)9(16-18(6,13)14)8(2)15-17(5,11)12/h8-9H,7H2,1-6H3. The Morgan fingerprint density at radius 3 is 1.67 bits per heavy atom. The molecular weight excluding hydrogens is 280 g/mol. The molecule has 2 unspecified atom stereocenters. The molecule has 0 saturated heterocycles. The summed E-state index contributed by atoms with van der Waals surface area (Å²) in [5.74, 6) is 0. The number of hydrogen-bond donors (Lipinski definition) is 0. The summed E-state index contributed by atoms with van der Waals surface area (Å²) < 4.78 is 54.5. The first-order chi connectivity index (χ1) is 7.78. The molecule has 18 heavy (non-hydrogen) atoms. The van der Waals surface area contributed by atoms with E-state index in [9.17, 15) is 16.8 Å². The van der Waals surface area contributed by atoms with Gasteiger partial charge in [-0.3, -0.25) is 8.37 Å². The molecule has 2 atom stereocenters. The van der Waals surface area contributed by atoms with Crippen LogP contribution >= 0.6 is 0 Å². The third-order valence-electron chi connectivity index (χ3n) is 2.71. The highest BCUT2D eigenvalue weighted by atomic mass is 32.2. The van der Waals surface area contributed by atoms with Crippen LogP contribution in [0.25, 0.3) is 0 Å². The van der Waals surface area contributed by atoms with Gasteiger partial charge >= 0.3 is 0 Å². The molecule has 0 aliphatic heterocycles. The molecule has 0 amide bonds. The molecule has 0 N–H and O–H groups in total. The van der Waals surface area contributed by atoms with E-state index >= 15 is 0 Å². The second kappa shape index (κ2) is 5.85. The Morgan fingerprint density at radius 2 is 1.39 bits per heavy atom. The molecule has 6 nitrogen and oxygen atoms in total. The molecule has 0 bridgehead atoms. The van der Waals surface area contributed by atoms with Gasteiger partial charge in [0, 0.05) is 0 Å². The van der Waals surface area contributed by atoms with E-state index in [1.165, 1.54) is 6.92 Å². The van der Waals surface area contributed by atoms with Crippen molar-refractivity contribution >= 4 is 20.2 Å². The van der Waals surface area contributed by atoms with E-state index in [0.29, 0.717) is 6.42 Å². The number of hydrogen-bond acceptors (Lipinski definition) is 6. The van der Waals surface area contributed by atoms with Crippen molar-refractivity contribution in [2.45, 2.75) is 46.3 Å². The fourth-order valence-electron chi connectivity index (χ4n) is 1.56. The van der Waals surface area contributed by atoms with Gasteiger partial charge in [0.2, 0.25) is 0 Å². The molecule has 0 heterocycles. The van der Waals surface area contributed by atoms with Crippen LogP contribution in [0.1, 0.15) is 34.1 Å². The fourth-order valence-corrected chi connectivity index (χ4v) is 3.01. The van der Waals surface area contributed by atoms with Gasteiger partial charge in [-0.15, -0.1) is 0 Å². The van der Waals surface area contributed by atoms with Gasteiger partial charge in [-0.25, -0.2) is 0 Å². The molecule has 0 spiro atoms. The van der Waals surface area contributed by atoms with E-state index in [1.54, 1.807) is 13.8 Å². The highest BCUT2D eigenvalue weighted by Crippen LogP contribution is 2.32. The highest BCUT2D eigenvalue weighted by Gasteiger charge is 2.38. The van der Waals surface area contributed by atoms with Crippen LogP contribution in [-0.4, -0.2) is 41.6 Å². The van der Waals surface area contributed by atoms with E-state index in [-0.39, 0.29) is 0 Å². The van der Waals surface area contributed by atoms with Crippen molar-refractivity contribution in [3.05, 3.63) is 0 Å². The molecule has 0 fully saturated rings. The predicted octanol–water partition coefficient (Wildman–Crippen LogP) is 1.13. The van der Waals surface area contributed by atoms with E-state index in [2.05, 4.69) is 0 Å². The van der Waals surface area contributed by atoms with E-state index < -0.39 is 37.9 Å². The molecule has 110 valence electrons. The van der Waals surface area contributed by atoms with Gasteiger partial charge in [0.1, 0.15) is 12.2 Å². The average Bonchev–Trinajstić information content (AvgIpc) is 2.09. The minimum atomic E-state index is -3.69. The van der Waals surface area contributed by atoms with Gasteiger partial charge in [0.15, 0.2) is 0 Å². The molecule has 0 aromatic carbocycles. The van der Waals surface area contributed by atoms with Gasteiger partial charge in [-0.05, 0) is 18.8 Å². The lowest BCUT2D eigenvalue weighted by molar-refractivity contribution is -0.00729. The molecule has 0 rings (SSSR count). The highest BCUT2D eigenvalue weighted by molar-refractivity contribution is 7.86. The van der Waals surface area contributed by atoms with E-state index in [4.69, 9.17) is 8.37 Å². The van der Waals surface area contributed by atoms with Crippen LogP contribution in [-0.2, 0) is 28.6 Å². The lowest BCUT2D eigenvalue weighted by Crippen LogP contribution is -2.43. The van der Waals surface area contributed by atoms with Crippen molar-refractivity contribution in [3.63, 3.8) is 0 Å². The number of rotatable bonds is 7. The first kappa shape index (κ1) is 17.8. The third-order valence-corrected chi connectivity index (χ3v) is 3.92.